The van der Waals surface area contributed by atoms with Crippen molar-refractivity contribution in [2.75, 3.05) is 20.5 Å². The lowest BCUT2D eigenvalue weighted by atomic mass is 10.2. The summed E-state index contributed by atoms with van der Waals surface area (Å²) in [6.07, 6.45) is -2.79. The van der Waals surface area contributed by atoms with E-state index in [-0.39, 0.29) is 30.4 Å². The molecule has 138 valence electrons. The third-order valence-electron chi connectivity index (χ3n) is 3.34. The average Bonchev–Trinajstić information content (AvgIpc) is 3.04. The number of rotatable bonds is 6. The Kier molecular flexibility index (Phi) is 5.90. The van der Waals surface area contributed by atoms with E-state index in [9.17, 15) is 18.0 Å². The molecule has 26 heavy (non-hydrogen) atoms. The molecule has 0 unspecified atom stereocenters. The van der Waals surface area contributed by atoms with Crippen molar-refractivity contribution in [1.82, 2.24) is 4.57 Å². The number of ether oxygens (including phenoxy) is 3. The van der Waals surface area contributed by atoms with Crippen molar-refractivity contribution in [3.8, 4) is 17.5 Å². The number of carbonyl (C=O) groups is 1. The van der Waals surface area contributed by atoms with Gasteiger partial charge in [0.2, 0.25) is 0 Å². The molecule has 0 spiro atoms. The molecule has 9 heteroatoms. The molecule has 0 radical (unpaired) electrons. The number of nitrogens with zero attached hydrogens (tertiary/aromatic N) is 2. The molecule has 0 aliphatic heterocycles. The predicted octanol–water partition coefficient (Wildman–Crippen LogP) is 3.53. The van der Waals surface area contributed by atoms with Crippen molar-refractivity contribution in [2.45, 2.75) is 13.1 Å². The van der Waals surface area contributed by atoms with Crippen LogP contribution in [-0.4, -0.2) is 31.0 Å². The number of aromatic nitrogens is 1. The molecule has 0 aliphatic carbocycles. The monoisotopic (exact) mass is 368 g/mol. The zero-order chi connectivity index (χ0) is 19.3. The molecule has 0 fully saturated rings. The number of carbonyl (C=O) groups excluding carboxylic acids is 1. The zero-order valence-corrected chi connectivity index (χ0v) is 14.0. The summed E-state index contributed by atoms with van der Waals surface area (Å²) in [6.45, 7) is 1.63. The molecule has 0 saturated heterocycles. The van der Waals surface area contributed by atoms with E-state index in [1.807, 2.05) is 0 Å². The van der Waals surface area contributed by atoms with Crippen molar-refractivity contribution in [3.05, 3.63) is 47.3 Å². The molecule has 2 rings (SSSR count). The summed E-state index contributed by atoms with van der Waals surface area (Å²) in [6, 6.07) is 5.69. The van der Waals surface area contributed by atoms with Crippen LogP contribution in [0.3, 0.4) is 0 Å². The average molecular weight is 368 g/mol. The van der Waals surface area contributed by atoms with E-state index in [2.05, 4.69) is 0 Å². The van der Waals surface area contributed by atoms with Crippen LogP contribution in [0, 0.1) is 11.3 Å². The van der Waals surface area contributed by atoms with E-state index in [0.29, 0.717) is 0 Å². The van der Waals surface area contributed by atoms with Gasteiger partial charge in [0, 0.05) is 31.3 Å². The molecule has 0 saturated carbocycles. The van der Waals surface area contributed by atoms with Crippen LogP contribution >= 0.6 is 0 Å². The highest BCUT2D eigenvalue weighted by atomic mass is 19.4. The summed E-state index contributed by atoms with van der Waals surface area (Å²) >= 11 is 0. The number of nitriles is 1. The van der Waals surface area contributed by atoms with Gasteiger partial charge in [0.1, 0.15) is 17.4 Å². The van der Waals surface area contributed by atoms with Crippen molar-refractivity contribution in [2.24, 2.45) is 0 Å². The van der Waals surface area contributed by atoms with Gasteiger partial charge in [0.25, 0.3) is 0 Å². The van der Waals surface area contributed by atoms with E-state index < -0.39 is 23.3 Å². The van der Waals surface area contributed by atoms with Crippen LogP contribution < -0.4 is 4.74 Å². The maximum Gasteiger partial charge on any atom is 0.419 e. The highest BCUT2D eigenvalue weighted by molar-refractivity contribution is 5.92. The van der Waals surface area contributed by atoms with Crippen molar-refractivity contribution in [1.29, 1.82) is 5.26 Å². The fraction of sp³-hybridized carbons (Fsp3) is 0.294. The van der Waals surface area contributed by atoms with Crippen LogP contribution in [0.15, 0.2) is 30.6 Å². The number of halogens is 3. The van der Waals surface area contributed by atoms with E-state index in [1.54, 1.807) is 6.92 Å². The molecule has 1 aromatic carbocycles. The summed E-state index contributed by atoms with van der Waals surface area (Å²) in [7, 11) is 1.38. The largest absolute Gasteiger partial charge is 0.467 e. The molecule has 6 nitrogen and oxygen atoms in total. The SMILES string of the molecule is CCOC(=O)c1ccc(-n2cc(C#N)c(C(F)(F)F)c2)cc1OCOC. The Morgan fingerprint density at radius 3 is 2.58 bits per heavy atom. The van der Waals surface area contributed by atoms with E-state index >= 15 is 0 Å². The van der Waals surface area contributed by atoms with Crippen molar-refractivity contribution >= 4 is 5.97 Å². The van der Waals surface area contributed by atoms with Crippen LogP contribution in [0.25, 0.3) is 5.69 Å². The second-order valence-electron chi connectivity index (χ2n) is 5.05. The Bertz CT molecular complexity index is 838. The molecular weight excluding hydrogens is 353 g/mol. The standard InChI is InChI=1S/C17H15F3N2O4/c1-3-25-16(23)13-5-4-12(6-15(13)26-10-24-2)22-8-11(7-21)14(9-22)17(18,19)20/h4-6,8-9H,3,10H2,1-2H3. The summed E-state index contributed by atoms with van der Waals surface area (Å²) in [5.74, 6) is -0.546. The van der Waals surface area contributed by atoms with Gasteiger partial charge in [-0.2, -0.15) is 18.4 Å². The highest BCUT2D eigenvalue weighted by Gasteiger charge is 2.35. The summed E-state index contributed by atoms with van der Waals surface area (Å²) in [5.41, 5.74) is -1.17. The van der Waals surface area contributed by atoms with Gasteiger partial charge in [-0.15, -0.1) is 0 Å². The number of alkyl halides is 3. The van der Waals surface area contributed by atoms with Gasteiger partial charge in [0.05, 0.1) is 17.7 Å². The lowest BCUT2D eigenvalue weighted by Crippen LogP contribution is -2.10. The second-order valence-corrected chi connectivity index (χ2v) is 5.05. The third kappa shape index (κ3) is 4.15. The van der Waals surface area contributed by atoms with Crippen LogP contribution in [-0.2, 0) is 15.7 Å². The number of esters is 1. The summed E-state index contributed by atoms with van der Waals surface area (Å²) < 4.78 is 55.2. The zero-order valence-electron chi connectivity index (χ0n) is 14.0. The van der Waals surface area contributed by atoms with Crippen LogP contribution in [0.2, 0.25) is 0 Å². The normalized spacial score (nSPS) is 11.1. The number of hydrogen-bond donors (Lipinski definition) is 0. The van der Waals surface area contributed by atoms with Crippen LogP contribution in [0.4, 0.5) is 13.2 Å². The fourth-order valence-corrected chi connectivity index (χ4v) is 2.21. The third-order valence-corrected chi connectivity index (χ3v) is 3.34. The smallest absolute Gasteiger partial charge is 0.419 e. The molecule has 2 aromatic rings. The van der Waals surface area contributed by atoms with Crippen LogP contribution in [0.1, 0.15) is 28.4 Å². The highest BCUT2D eigenvalue weighted by Crippen LogP contribution is 2.34. The second kappa shape index (κ2) is 7.93. The Morgan fingerprint density at radius 2 is 2.04 bits per heavy atom. The molecule has 1 aromatic heterocycles. The van der Waals surface area contributed by atoms with Gasteiger partial charge in [0.15, 0.2) is 6.79 Å². The number of methoxy groups -OCH3 is 1. The van der Waals surface area contributed by atoms with Crippen LogP contribution in [0.5, 0.6) is 5.75 Å². The van der Waals surface area contributed by atoms with Gasteiger partial charge >= 0.3 is 12.1 Å². The first-order chi connectivity index (χ1) is 12.3. The maximum atomic E-state index is 13.0. The summed E-state index contributed by atoms with van der Waals surface area (Å²) in [4.78, 5) is 12.0. The minimum Gasteiger partial charge on any atom is -0.467 e. The van der Waals surface area contributed by atoms with Crippen molar-refractivity contribution in [3.63, 3.8) is 0 Å². The van der Waals surface area contributed by atoms with E-state index in [0.717, 1.165) is 17.0 Å². The Balaban J connectivity index is 2.49. The first-order valence-electron chi connectivity index (χ1n) is 7.44. The first kappa shape index (κ1) is 19.3. The molecule has 0 atom stereocenters. The predicted molar refractivity (Wildman–Crippen MR) is 83.9 cm³/mol. The number of hydrogen-bond acceptors (Lipinski definition) is 5. The Hall–Kier alpha value is -2.99. The first-order valence-corrected chi connectivity index (χ1v) is 7.44. The number of benzene rings is 1. The summed E-state index contributed by atoms with van der Waals surface area (Å²) in [5, 5.41) is 8.92. The minimum atomic E-state index is -4.66. The molecule has 0 aliphatic rings. The van der Waals surface area contributed by atoms with Crippen molar-refractivity contribution < 1.29 is 32.2 Å². The fourth-order valence-electron chi connectivity index (χ4n) is 2.21. The van der Waals surface area contributed by atoms with Gasteiger partial charge < -0.3 is 18.8 Å². The van der Waals surface area contributed by atoms with E-state index in [1.165, 1.54) is 31.4 Å². The van der Waals surface area contributed by atoms with Gasteiger partial charge in [-0.3, -0.25) is 0 Å². The Labute approximate surface area is 147 Å². The van der Waals surface area contributed by atoms with E-state index in [4.69, 9.17) is 19.5 Å². The lowest BCUT2D eigenvalue weighted by molar-refractivity contribution is -0.137. The topological polar surface area (TPSA) is 73.5 Å². The molecule has 0 N–H and O–H groups in total. The Morgan fingerprint density at radius 1 is 1.31 bits per heavy atom. The van der Waals surface area contributed by atoms with Gasteiger partial charge in [-0.05, 0) is 19.1 Å². The molecule has 0 bridgehead atoms. The lowest BCUT2D eigenvalue weighted by Gasteiger charge is -2.12. The minimum absolute atomic E-state index is 0.0866. The maximum absolute atomic E-state index is 13.0. The quantitative estimate of drug-likeness (QED) is 0.576. The molecular formula is C17H15F3N2O4. The van der Waals surface area contributed by atoms with Gasteiger partial charge in [-0.25, -0.2) is 4.79 Å². The van der Waals surface area contributed by atoms with Gasteiger partial charge in [-0.1, -0.05) is 0 Å². The molecule has 1 heterocycles. The molecule has 0 amide bonds.